The van der Waals surface area contributed by atoms with Crippen LogP contribution in [0.2, 0.25) is 0 Å². The molecule has 32 heavy (non-hydrogen) atoms. The predicted molar refractivity (Wildman–Crippen MR) is 124 cm³/mol. The summed E-state index contributed by atoms with van der Waals surface area (Å²) in [5.74, 6) is 5.75. The normalized spacial score (nSPS) is 46.9. The Hall–Kier alpha value is -0.940. The van der Waals surface area contributed by atoms with Crippen LogP contribution >= 0.6 is 0 Å². The summed E-state index contributed by atoms with van der Waals surface area (Å²) in [5.41, 5.74) is 0.805. The molecule has 10 atom stereocenters. The molecule has 1 aromatic heterocycles. The van der Waals surface area contributed by atoms with Gasteiger partial charge in [-0.3, -0.25) is 0 Å². The number of hydrogen-bond acceptors (Lipinski definition) is 5. The molecule has 5 heteroatoms. The third kappa shape index (κ3) is 3.57. The van der Waals surface area contributed by atoms with Gasteiger partial charge in [0.2, 0.25) is 11.8 Å². The molecule has 4 fully saturated rings. The summed E-state index contributed by atoms with van der Waals surface area (Å²) in [7, 11) is 1.94. The minimum Gasteiger partial charge on any atom is -0.426 e. The maximum absolute atomic E-state index is 10.4. The van der Waals surface area contributed by atoms with E-state index in [0.717, 1.165) is 55.7 Å². The first-order chi connectivity index (χ1) is 15.3. The van der Waals surface area contributed by atoms with E-state index in [2.05, 4.69) is 31.0 Å². The van der Waals surface area contributed by atoms with Crippen molar-refractivity contribution in [1.82, 2.24) is 10.2 Å². The van der Waals surface area contributed by atoms with Crippen LogP contribution in [-0.4, -0.2) is 34.6 Å². The van der Waals surface area contributed by atoms with E-state index in [1.807, 2.05) is 14.0 Å². The minimum absolute atomic E-state index is 0.102. The third-order valence-electron chi connectivity index (χ3n) is 11.1. The zero-order valence-corrected chi connectivity index (χ0v) is 20.8. The molecule has 1 unspecified atom stereocenters. The summed E-state index contributed by atoms with van der Waals surface area (Å²) in [6.45, 7) is 9.51. The fraction of sp³-hybridized carbons (Fsp3) is 0.926. The van der Waals surface area contributed by atoms with Crippen LogP contribution in [0.1, 0.15) is 90.3 Å². The number of fused-ring (bicyclic) bond motifs is 5. The molecule has 0 radical (unpaired) electrons. The standard InChI is InChI=1S/C27H44N2O3/c1-16(6-9-24-29-28-17(2)32-24)20-7-8-21-25-22(11-13-27(20,21)4)26(3)12-10-19(30)14-18(26)15-23(25)31-5/h16,18-23,25,30H,6-15H2,1-5H3/t16-,18+,19-,20?,21+,22+,23-,25+,26+,27-/m1/s1. The van der Waals surface area contributed by atoms with Crippen LogP contribution in [-0.2, 0) is 11.2 Å². The smallest absolute Gasteiger partial charge is 0.216 e. The van der Waals surface area contributed by atoms with Crippen LogP contribution in [0.3, 0.4) is 0 Å². The highest BCUT2D eigenvalue weighted by molar-refractivity contribution is 5.12. The number of rotatable bonds is 5. The quantitative estimate of drug-likeness (QED) is 0.641. The van der Waals surface area contributed by atoms with E-state index in [9.17, 15) is 5.11 Å². The molecule has 0 amide bonds. The molecule has 1 heterocycles. The largest absolute Gasteiger partial charge is 0.426 e. The maximum Gasteiger partial charge on any atom is 0.216 e. The second kappa shape index (κ2) is 8.37. The Morgan fingerprint density at radius 3 is 2.53 bits per heavy atom. The lowest BCUT2D eigenvalue weighted by molar-refractivity contribution is -0.181. The maximum atomic E-state index is 10.4. The number of nitrogens with zero attached hydrogens (tertiary/aromatic N) is 2. The van der Waals surface area contributed by atoms with Crippen molar-refractivity contribution in [3.05, 3.63) is 11.8 Å². The highest BCUT2D eigenvalue weighted by atomic mass is 16.5. The van der Waals surface area contributed by atoms with E-state index >= 15 is 0 Å². The third-order valence-corrected chi connectivity index (χ3v) is 11.1. The molecule has 0 aromatic carbocycles. The van der Waals surface area contributed by atoms with Crippen molar-refractivity contribution < 1.29 is 14.3 Å². The van der Waals surface area contributed by atoms with E-state index < -0.39 is 0 Å². The van der Waals surface area contributed by atoms with Crippen molar-refractivity contribution in [3.8, 4) is 0 Å². The number of aromatic nitrogens is 2. The second-order valence-electron chi connectivity index (χ2n) is 12.4. The summed E-state index contributed by atoms with van der Waals surface area (Å²) in [5, 5.41) is 18.6. The van der Waals surface area contributed by atoms with E-state index in [4.69, 9.17) is 9.15 Å². The SMILES string of the molecule is CO[C@@H]1C[C@@H]2C[C@H](O)CC[C@]2(C)[C@H]2CC[C@]3(C)C([C@H](C)CCc4nnc(C)o4)CC[C@H]3[C@H]12. The van der Waals surface area contributed by atoms with Crippen molar-refractivity contribution in [2.24, 2.45) is 46.3 Å². The van der Waals surface area contributed by atoms with Crippen LogP contribution in [0.15, 0.2) is 4.42 Å². The first kappa shape index (κ1) is 22.8. The summed E-state index contributed by atoms with van der Waals surface area (Å²) < 4.78 is 11.9. The van der Waals surface area contributed by atoms with Gasteiger partial charge in [0.25, 0.3) is 0 Å². The first-order valence-corrected chi connectivity index (χ1v) is 13.3. The summed E-state index contributed by atoms with van der Waals surface area (Å²) in [4.78, 5) is 0. The van der Waals surface area contributed by atoms with Gasteiger partial charge in [-0.05, 0) is 104 Å². The molecule has 4 aliphatic rings. The predicted octanol–water partition coefficient (Wildman–Crippen LogP) is 5.59. The minimum atomic E-state index is -0.102. The number of aryl methyl sites for hydroxylation is 2. The molecule has 1 aromatic rings. The summed E-state index contributed by atoms with van der Waals surface area (Å²) in [6.07, 6.45) is 12.0. The molecular weight excluding hydrogens is 400 g/mol. The van der Waals surface area contributed by atoms with Crippen LogP contribution in [0.5, 0.6) is 0 Å². The van der Waals surface area contributed by atoms with Gasteiger partial charge in [-0.25, -0.2) is 0 Å². The summed E-state index contributed by atoms with van der Waals surface area (Å²) in [6, 6.07) is 0. The van der Waals surface area contributed by atoms with Gasteiger partial charge >= 0.3 is 0 Å². The van der Waals surface area contributed by atoms with E-state index in [1.165, 1.54) is 32.1 Å². The summed E-state index contributed by atoms with van der Waals surface area (Å²) >= 11 is 0. The van der Waals surface area contributed by atoms with Gasteiger partial charge in [0.1, 0.15) is 0 Å². The zero-order valence-electron chi connectivity index (χ0n) is 20.8. The Morgan fingerprint density at radius 1 is 1.06 bits per heavy atom. The highest BCUT2D eigenvalue weighted by Crippen LogP contribution is 2.68. The van der Waals surface area contributed by atoms with Gasteiger partial charge in [0.15, 0.2) is 0 Å². The lowest BCUT2D eigenvalue weighted by Crippen LogP contribution is -2.59. The Kier molecular flexibility index (Phi) is 5.97. The highest BCUT2D eigenvalue weighted by Gasteiger charge is 2.63. The molecule has 5 rings (SSSR count). The number of methoxy groups -OCH3 is 1. The molecule has 5 nitrogen and oxygen atoms in total. The monoisotopic (exact) mass is 444 g/mol. The van der Waals surface area contributed by atoms with E-state index in [-0.39, 0.29) is 6.10 Å². The van der Waals surface area contributed by atoms with Crippen molar-refractivity contribution in [2.75, 3.05) is 7.11 Å². The Balaban J connectivity index is 1.34. The van der Waals surface area contributed by atoms with Crippen molar-refractivity contribution in [1.29, 1.82) is 0 Å². The van der Waals surface area contributed by atoms with Crippen LogP contribution in [0.25, 0.3) is 0 Å². The topological polar surface area (TPSA) is 68.4 Å². The molecule has 1 N–H and O–H groups in total. The average molecular weight is 445 g/mol. The van der Waals surface area contributed by atoms with Gasteiger partial charge in [0.05, 0.1) is 12.2 Å². The lowest BCUT2D eigenvalue weighted by Gasteiger charge is -2.63. The van der Waals surface area contributed by atoms with Gasteiger partial charge in [-0.1, -0.05) is 20.8 Å². The number of aliphatic hydroxyl groups excluding tert-OH is 1. The molecular formula is C27H44N2O3. The molecule has 4 saturated carbocycles. The molecule has 4 aliphatic carbocycles. The molecule has 0 spiro atoms. The van der Waals surface area contributed by atoms with Gasteiger partial charge in [0, 0.05) is 20.5 Å². The molecule has 0 aliphatic heterocycles. The van der Waals surface area contributed by atoms with Gasteiger partial charge in [-0.15, -0.1) is 10.2 Å². The van der Waals surface area contributed by atoms with Crippen LogP contribution < -0.4 is 0 Å². The van der Waals surface area contributed by atoms with Gasteiger partial charge < -0.3 is 14.3 Å². The fourth-order valence-corrected chi connectivity index (χ4v) is 9.39. The molecule has 0 bridgehead atoms. The average Bonchev–Trinajstić information content (AvgIpc) is 3.34. The van der Waals surface area contributed by atoms with E-state index in [1.54, 1.807) is 0 Å². The Bertz CT molecular complexity index is 811. The first-order valence-electron chi connectivity index (χ1n) is 13.3. The zero-order chi connectivity index (χ0) is 22.7. The number of ether oxygens (including phenoxy) is 1. The Morgan fingerprint density at radius 2 is 1.81 bits per heavy atom. The van der Waals surface area contributed by atoms with Crippen LogP contribution in [0.4, 0.5) is 0 Å². The number of aliphatic hydroxyl groups is 1. The van der Waals surface area contributed by atoms with Gasteiger partial charge in [-0.2, -0.15) is 0 Å². The van der Waals surface area contributed by atoms with Crippen LogP contribution in [0, 0.1) is 53.3 Å². The number of hydrogen-bond donors (Lipinski definition) is 1. The van der Waals surface area contributed by atoms with Crippen molar-refractivity contribution in [2.45, 2.75) is 104 Å². The fourth-order valence-electron chi connectivity index (χ4n) is 9.39. The molecule has 0 saturated heterocycles. The Labute approximate surface area is 194 Å². The molecule has 180 valence electrons. The second-order valence-corrected chi connectivity index (χ2v) is 12.4. The van der Waals surface area contributed by atoms with E-state index in [0.29, 0.717) is 40.6 Å². The van der Waals surface area contributed by atoms with Crippen molar-refractivity contribution >= 4 is 0 Å². The lowest BCUT2D eigenvalue weighted by atomic mass is 9.43. The van der Waals surface area contributed by atoms with Crippen molar-refractivity contribution in [3.63, 3.8) is 0 Å².